The molecule has 2 N–H and O–H groups in total. The third-order valence-corrected chi connectivity index (χ3v) is 4.83. The summed E-state index contributed by atoms with van der Waals surface area (Å²) in [5.41, 5.74) is 6.56. The van der Waals surface area contributed by atoms with Gasteiger partial charge in [-0.3, -0.25) is 9.89 Å². The second kappa shape index (κ2) is 4.89. The number of nitrogens with one attached hydrogen (secondary N) is 2. The van der Waals surface area contributed by atoms with Gasteiger partial charge >= 0.3 is 0 Å². The summed E-state index contributed by atoms with van der Waals surface area (Å²) in [6.07, 6.45) is 4.01. The van der Waals surface area contributed by atoms with Crippen LogP contribution in [-0.2, 0) is 4.79 Å². The van der Waals surface area contributed by atoms with Crippen molar-refractivity contribution in [3.05, 3.63) is 53.1 Å². The molecule has 0 spiro atoms. The van der Waals surface area contributed by atoms with Crippen molar-refractivity contribution in [3.63, 3.8) is 0 Å². The second-order valence-corrected chi connectivity index (χ2v) is 6.58. The van der Waals surface area contributed by atoms with Gasteiger partial charge in [0.05, 0.1) is 17.9 Å². The van der Waals surface area contributed by atoms with Gasteiger partial charge in [-0.2, -0.15) is 10.2 Å². The molecular formula is C18H16N6O. The number of anilines is 1. The van der Waals surface area contributed by atoms with E-state index >= 15 is 0 Å². The molecule has 0 bridgehead atoms. The lowest BCUT2D eigenvalue weighted by Crippen LogP contribution is -2.23. The van der Waals surface area contributed by atoms with Crippen molar-refractivity contribution in [2.24, 2.45) is 0 Å². The number of fused-ring (bicyclic) bond motifs is 3. The number of hydrogen-bond acceptors (Lipinski definition) is 4. The Balaban J connectivity index is 1.77. The van der Waals surface area contributed by atoms with Crippen LogP contribution in [-0.4, -0.2) is 30.7 Å². The zero-order valence-electron chi connectivity index (χ0n) is 13.9. The van der Waals surface area contributed by atoms with Gasteiger partial charge in [0.1, 0.15) is 0 Å². The van der Waals surface area contributed by atoms with Crippen molar-refractivity contribution in [2.75, 3.05) is 5.32 Å². The van der Waals surface area contributed by atoms with Crippen molar-refractivity contribution in [1.29, 1.82) is 0 Å². The highest BCUT2D eigenvalue weighted by atomic mass is 16.1. The standard InChI is InChI=1S/C18H16N6O/c1-9-3-10(2)24-18(21-9)14(8-20-24)12-5-17(25)22-16-6-15-11(4-13(12)16)7-19-23-15/h3-4,6-8,12H,5H2,1-2H3,(H,19,23)(H,22,25). The average molecular weight is 332 g/mol. The molecule has 7 nitrogen and oxygen atoms in total. The minimum Gasteiger partial charge on any atom is -0.326 e. The highest BCUT2D eigenvalue weighted by Gasteiger charge is 2.30. The molecule has 5 rings (SSSR count). The predicted octanol–water partition coefficient (Wildman–Crippen LogP) is 2.70. The normalized spacial score (nSPS) is 17.0. The Labute approximate surface area is 143 Å². The predicted molar refractivity (Wildman–Crippen MR) is 93.6 cm³/mol. The van der Waals surface area contributed by atoms with Crippen molar-refractivity contribution in [3.8, 4) is 0 Å². The fourth-order valence-corrected chi connectivity index (χ4v) is 3.71. The van der Waals surface area contributed by atoms with Gasteiger partial charge in [-0.25, -0.2) is 9.50 Å². The molecule has 0 saturated carbocycles. The molecule has 1 aliphatic rings. The van der Waals surface area contributed by atoms with Crippen LogP contribution >= 0.6 is 0 Å². The molecule has 0 radical (unpaired) electrons. The lowest BCUT2D eigenvalue weighted by molar-refractivity contribution is -0.116. The van der Waals surface area contributed by atoms with Crippen LogP contribution in [0.5, 0.6) is 0 Å². The molecule has 1 aromatic carbocycles. The third kappa shape index (κ3) is 2.05. The van der Waals surface area contributed by atoms with E-state index in [-0.39, 0.29) is 11.8 Å². The van der Waals surface area contributed by atoms with Gasteiger partial charge in [-0.1, -0.05) is 0 Å². The summed E-state index contributed by atoms with van der Waals surface area (Å²) in [5, 5.41) is 15.5. The summed E-state index contributed by atoms with van der Waals surface area (Å²) in [5.74, 6) is -0.0747. The number of nitrogens with zero attached hydrogens (tertiary/aromatic N) is 4. The Kier molecular flexibility index (Phi) is 2.77. The van der Waals surface area contributed by atoms with Crippen molar-refractivity contribution in [1.82, 2.24) is 24.8 Å². The fraction of sp³-hybridized carbons (Fsp3) is 0.222. The molecule has 1 aliphatic heterocycles. The maximum atomic E-state index is 12.3. The van der Waals surface area contributed by atoms with Crippen molar-refractivity contribution in [2.45, 2.75) is 26.2 Å². The van der Waals surface area contributed by atoms with Gasteiger partial charge in [0.2, 0.25) is 5.91 Å². The van der Waals surface area contributed by atoms with Gasteiger partial charge in [-0.05, 0) is 37.6 Å². The van der Waals surface area contributed by atoms with Crippen LogP contribution in [0.25, 0.3) is 16.6 Å². The maximum absolute atomic E-state index is 12.3. The quantitative estimate of drug-likeness (QED) is 0.561. The molecule has 3 aromatic heterocycles. The first-order valence-corrected chi connectivity index (χ1v) is 8.19. The minimum absolute atomic E-state index is 0.0000836. The summed E-state index contributed by atoms with van der Waals surface area (Å²) in [6, 6.07) is 6.03. The van der Waals surface area contributed by atoms with Gasteiger partial charge in [0, 0.05) is 40.4 Å². The zero-order valence-corrected chi connectivity index (χ0v) is 13.9. The van der Waals surface area contributed by atoms with Gasteiger partial charge in [0.25, 0.3) is 0 Å². The van der Waals surface area contributed by atoms with E-state index in [2.05, 4.69) is 31.7 Å². The number of H-pyrrole nitrogens is 1. The molecule has 124 valence electrons. The monoisotopic (exact) mass is 332 g/mol. The van der Waals surface area contributed by atoms with Crippen LogP contribution in [0.3, 0.4) is 0 Å². The van der Waals surface area contributed by atoms with E-state index in [0.717, 1.165) is 44.8 Å². The third-order valence-electron chi connectivity index (χ3n) is 4.83. The zero-order chi connectivity index (χ0) is 17.1. The van der Waals surface area contributed by atoms with Crippen LogP contribution < -0.4 is 5.32 Å². The van der Waals surface area contributed by atoms with Crippen LogP contribution in [0.1, 0.15) is 34.9 Å². The van der Waals surface area contributed by atoms with E-state index in [1.165, 1.54) is 0 Å². The Hall–Kier alpha value is -3.22. The van der Waals surface area contributed by atoms with Gasteiger partial charge < -0.3 is 5.32 Å². The largest absolute Gasteiger partial charge is 0.326 e. The molecule has 25 heavy (non-hydrogen) atoms. The summed E-state index contributed by atoms with van der Waals surface area (Å²) in [6.45, 7) is 3.98. The van der Waals surface area contributed by atoms with E-state index in [9.17, 15) is 4.79 Å². The van der Waals surface area contributed by atoms with E-state index < -0.39 is 0 Å². The SMILES string of the molecule is Cc1cc(C)n2ncc(C3CC(=O)Nc4cc5[nH]ncc5cc43)c2n1. The highest BCUT2D eigenvalue weighted by molar-refractivity contribution is 5.98. The molecule has 7 heteroatoms. The smallest absolute Gasteiger partial charge is 0.225 e. The maximum Gasteiger partial charge on any atom is 0.225 e. The minimum atomic E-state index is -0.0748. The molecule has 0 fully saturated rings. The summed E-state index contributed by atoms with van der Waals surface area (Å²) in [7, 11) is 0. The number of aromatic amines is 1. The lowest BCUT2D eigenvalue weighted by Gasteiger charge is -2.25. The van der Waals surface area contributed by atoms with E-state index in [0.29, 0.717) is 6.42 Å². The first kappa shape index (κ1) is 14.2. The molecule has 0 saturated heterocycles. The van der Waals surface area contributed by atoms with Crippen LogP contribution in [0, 0.1) is 13.8 Å². The first-order valence-electron chi connectivity index (χ1n) is 8.19. The molecule has 1 unspecified atom stereocenters. The lowest BCUT2D eigenvalue weighted by atomic mass is 9.85. The number of hydrogen-bond donors (Lipinski definition) is 2. The fourth-order valence-electron chi connectivity index (χ4n) is 3.71. The van der Waals surface area contributed by atoms with Crippen LogP contribution in [0.4, 0.5) is 5.69 Å². The number of aryl methyl sites for hydroxylation is 2. The molecular weight excluding hydrogens is 316 g/mol. The number of amides is 1. The molecule has 1 atom stereocenters. The van der Waals surface area contributed by atoms with Gasteiger partial charge in [0.15, 0.2) is 5.65 Å². The van der Waals surface area contributed by atoms with Crippen molar-refractivity contribution < 1.29 is 4.79 Å². The Morgan fingerprint density at radius 3 is 2.92 bits per heavy atom. The number of benzene rings is 1. The number of carbonyl (C=O) groups excluding carboxylic acids is 1. The Morgan fingerprint density at radius 2 is 2.04 bits per heavy atom. The summed E-state index contributed by atoms with van der Waals surface area (Å²) in [4.78, 5) is 17.0. The van der Waals surface area contributed by atoms with E-state index in [4.69, 9.17) is 0 Å². The number of rotatable bonds is 1. The number of carbonyl (C=O) groups is 1. The topological polar surface area (TPSA) is 88.0 Å². The average Bonchev–Trinajstić information content (AvgIpc) is 3.18. The molecule has 4 aromatic rings. The molecule has 4 heterocycles. The van der Waals surface area contributed by atoms with E-state index in [1.54, 1.807) is 6.20 Å². The Bertz CT molecular complexity index is 1160. The van der Waals surface area contributed by atoms with Crippen LogP contribution in [0.2, 0.25) is 0 Å². The summed E-state index contributed by atoms with van der Waals surface area (Å²) >= 11 is 0. The summed E-state index contributed by atoms with van der Waals surface area (Å²) < 4.78 is 1.84. The number of aromatic nitrogens is 5. The Morgan fingerprint density at radius 1 is 1.16 bits per heavy atom. The second-order valence-electron chi connectivity index (χ2n) is 6.58. The van der Waals surface area contributed by atoms with Gasteiger partial charge in [-0.15, -0.1) is 0 Å². The molecule has 0 aliphatic carbocycles. The van der Waals surface area contributed by atoms with Crippen LogP contribution in [0.15, 0.2) is 30.6 Å². The molecule has 1 amide bonds. The highest BCUT2D eigenvalue weighted by Crippen LogP contribution is 2.40. The van der Waals surface area contributed by atoms with E-state index in [1.807, 2.05) is 36.7 Å². The first-order chi connectivity index (χ1) is 12.1. The van der Waals surface area contributed by atoms with Crippen molar-refractivity contribution >= 4 is 28.1 Å².